The molecule has 1 heterocycles. The van der Waals surface area contributed by atoms with Crippen molar-refractivity contribution in [2.45, 2.75) is 24.1 Å². The van der Waals surface area contributed by atoms with Crippen molar-refractivity contribution in [3.63, 3.8) is 0 Å². The van der Waals surface area contributed by atoms with Crippen molar-refractivity contribution in [3.8, 4) is 0 Å². The number of nitrogens with zero attached hydrogens (tertiary/aromatic N) is 2. The molecule has 1 N–H and O–H groups in total. The second kappa shape index (κ2) is 9.94. The molecule has 4 rings (SSSR count). The zero-order chi connectivity index (χ0) is 21.7. The van der Waals surface area contributed by atoms with Crippen molar-refractivity contribution < 1.29 is 9.94 Å². The van der Waals surface area contributed by atoms with Crippen LogP contribution < -0.4 is 0 Å². The lowest BCUT2D eigenvalue weighted by atomic mass is 9.75. The topological polar surface area (TPSA) is 35.9 Å². The molecule has 1 fully saturated rings. The van der Waals surface area contributed by atoms with E-state index in [1.807, 2.05) is 5.06 Å². The zero-order valence-corrected chi connectivity index (χ0v) is 18.5. The molecule has 1 saturated heterocycles. The van der Waals surface area contributed by atoms with Gasteiger partial charge in [-0.15, -0.1) is 0 Å². The van der Waals surface area contributed by atoms with Gasteiger partial charge >= 0.3 is 0 Å². The minimum absolute atomic E-state index is 0.416. The van der Waals surface area contributed by atoms with E-state index in [-0.39, 0.29) is 0 Å². The summed E-state index contributed by atoms with van der Waals surface area (Å²) in [5.41, 5.74) is 2.55. The van der Waals surface area contributed by atoms with E-state index in [4.69, 9.17) is 16.4 Å². The highest BCUT2D eigenvalue weighted by Gasteiger charge is 2.43. The number of benzene rings is 3. The lowest BCUT2D eigenvalue weighted by molar-refractivity contribution is -0.210. The van der Waals surface area contributed by atoms with Gasteiger partial charge in [0.1, 0.15) is 0 Å². The average Bonchev–Trinajstić information content (AvgIpc) is 2.83. The SMILES string of the molecule is CC(O)C(Cl)ON1CCN(C(c2ccccc2)(c2ccccc2)c2ccccc2)CC1. The van der Waals surface area contributed by atoms with E-state index in [1.54, 1.807) is 6.92 Å². The van der Waals surface area contributed by atoms with E-state index in [0.717, 1.165) is 13.1 Å². The molecule has 0 aromatic heterocycles. The van der Waals surface area contributed by atoms with Crippen LogP contribution in [0.2, 0.25) is 0 Å². The van der Waals surface area contributed by atoms with Gasteiger partial charge in [0.25, 0.3) is 0 Å². The molecule has 31 heavy (non-hydrogen) atoms. The summed E-state index contributed by atoms with van der Waals surface area (Å²) < 4.78 is 0. The van der Waals surface area contributed by atoms with Gasteiger partial charge in [0, 0.05) is 26.2 Å². The van der Waals surface area contributed by atoms with Crippen molar-refractivity contribution in [2.75, 3.05) is 26.2 Å². The Labute approximate surface area is 189 Å². The standard InChI is InChI=1S/C26H29ClN2O2/c1-21(30)25(27)31-29-19-17-28(18-20-29)26(22-11-5-2-6-12-22,23-13-7-3-8-14-23)24-15-9-4-10-16-24/h2-16,21,25,30H,17-20H2,1H3. The first-order chi connectivity index (χ1) is 15.1. The smallest absolute Gasteiger partial charge is 0.178 e. The number of piperazine rings is 1. The third-order valence-electron chi connectivity index (χ3n) is 5.92. The zero-order valence-electron chi connectivity index (χ0n) is 17.8. The van der Waals surface area contributed by atoms with E-state index >= 15 is 0 Å². The first-order valence-corrected chi connectivity index (χ1v) is 11.2. The Hall–Kier alpha value is -2.21. The fraction of sp³-hybridized carbons (Fsp3) is 0.308. The van der Waals surface area contributed by atoms with Crippen LogP contribution in [0.3, 0.4) is 0 Å². The van der Waals surface area contributed by atoms with Gasteiger partial charge in [-0.2, -0.15) is 5.06 Å². The Kier molecular flexibility index (Phi) is 7.06. The Bertz CT molecular complexity index is 833. The second-order valence-electron chi connectivity index (χ2n) is 7.92. The molecule has 1 aliphatic rings. The largest absolute Gasteiger partial charge is 0.389 e. The summed E-state index contributed by atoms with van der Waals surface area (Å²) in [6.07, 6.45) is -0.725. The molecular weight excluding hydrogens is 408 g/mol. The van der Waals surface area contributed by atoms with Crippen LogP contribution >= 0.6 is 11.6 Å². The summed E-state index contributed by atoms with van der Waals surface area (Å²) in [6, 6.07) is 32.1. The third-order valence-corrected chi connectivity index (χ3v) is 6.36. The molecule has 0 radical (unpaired) electrons. The quantitative estimate of drug-likeness (QED) is 0.437. The van der Waals surface area contributed by atoms with Crippen LogP contribution in [0.4, 0.5) is 0 Å². The molecular formula is C26H29ClN2O2. The average molecular weight is 437 g/mol. The Balaban J connectivity index is 1.75. The molecule has 3 aromatic rings. The molecule has 2 atom stereocenters. The van der Waals surface area contributed by atoms with Crippen molar-refractivity contribution in [2.24, 2.45) is 0 Å². The predicted octanol–water partition coefficient (Wildman–Crippen LogP) is 4.47. The molecule has 0 aliphatic carbocycles. The minimum atomic E-state index is -0.742. The molecule has 0 saturated carbocycles. The van der Waals surface area contributed by atoms with Gasteiger partial charge in [0.15, 0.2) is 5.56 Å². The van der Waals surface area contributed by atoms with E-state index < -0.39 is 17.2 Å². The maximum atomic E-state index is 9.68. The molecule has 0 bridgehead atoms. The molecule has 3 aromatic carbocycles. The summed E-state index contributed by atoms with van der Waals surface area (Å²) in [5, 5.41) is 11.6. The number of hydrogen-bond donors (Lipinski definition) is 1. The number of aliphatic hydroxyl groups excluding tert-OH is 1. The van der Waals surface area contributed by atoms with Crippen LogP contribution in [0.15, 0.2) is 91.0 Å². The van der Waals surface area contributed by atoms with E-state index in [2.05, 4.69) is 95.9 Å². The number of halogens is 1. The van der Waals surface area contributed by atoms with Crippen LogP contribution in [-0.2, 0) is 10.4 Å². The maximum absolute atomic E-state index is 9.68. The third kappa shape index (κ3) is 4.54. The van der Waals surface area contributed by atoms with Crippen molar-refractivity contribution >= 4 is 11.6 Å². The van der Waals surface area contributed by atoms with Gasteiger partial charge in [0.05, 0.1) is 11.6 Å². The fourth-order valence-electron chi connectivity index (χ4n) is 4.45. The minimum Gasteiger partial charge on any atom is -0.389 e. The first-order valence-electron chi connectivity index (χ1n) is 10.8. The summed E-state index contributed by atoms with van der Waals surface area (Å²) in [5.74, 6) is 0. The van der Waals surface area contributed by atoms with Crippen molar-refractivity contribution in [1.29, 1.82) is 0 Å². The Morgan fingerprint density at radius 3 is 1.48 bits per heavy atom. The lowest BCUT2D eigenvalue weighted by Crippen LogP contribution is -2.57. The van der Waals surface area contributed by atoms with Gasteiger partial charge in [0.2, 0.25) is 0 Å². The second-order valence-corrected chi connectivity index (χ2v) is 8.35. The van der Waals surface area contributed by atoms with E-state index in [0.29, 0.717) is 13.1 Å². The van der Waals surface area contributed by atoms with Crippen LogP contribution in [-0.4, -0.2) is 52.9 Å². The molecule has 0 amide bonds. The number of hydroxylamine groups is 2. The van der Waals surface area contributed by atoms with Gasteiger partial charge in [-0.3, -0.25) is 9.74 Å². The summed E-state index contributed by atoms with van der Waals surface area (Å²) in [6.45, 7) is 4.62. The first kappa shape index (κ1) is 22.0. The van der Waals surface area contributed by atoms with Crippen LogP contribution in [0, 0.1) is 0 Å². The highest BCUT2D eigenvalue weighted by atomic mass is 35.5. The van der Waals surface area contributed by atoms with E-state index in [9.17, 15) is 5.11 Å². The number of aliphatic hydroxyl groups is 1. The maximum Gasteiger partial charge on any atom is 0.178 e. The predicted molar refractivity (Wildman–Crippen MR) is 125 cm³/mol. The number of alkyl halides is 1. The molecule has 2 unspecified atom stereocenters. The summed E-state index contributed by atoms with van der Waals surface area (Å²) in [7, 11) is 0. The van der Waals surface area contributed by atoms with Crippen molar-refractivity contribution in [1.82, 2.24) is 9.96 Å². The van der Waals surface area contributed by atoms with Gasteiger partial charge in [-0.25, -0.2) is 0 Å². The molecule has 162 valence electrons. The van der Waals surface area contributed by atoms with Crippen molar-refractivity contribution in [3.05, 3.63) is 108 Å². The normalized spacial score (nSPS) is 17.9. The highest BCUT2D eigenvalue weighted by Crippen LogP contribution is 2.42. The van der Waals surface area contributed by atoms with Crippen LogP contribution in [0.1, 0.15) is 23.6 Å². The molecule has 4 nitrogen and oxygen atoms in total. The Morgan fingerprint density at radius 2 is 1.13 bits per heavy atom. The molecule has 1 aliphatic heterocycles. The van der Waals surface area contributed by atoms with E-state index in [1.165, 1.54) is 16.7 Å². The monoisotopic (exact) mass is 436 g/mol. The number of hydrogen-bond acceptors (Lipinski definition) is 4. The van der Waals surface area contributed by atoms with Gasteiger partial charge < -0.3 is 5.11 Å². The molecule has 5 heteroatoms. The van der Waals surface area contributed by atoms with Crippen LogP contribution in [0.5, 0.6) is 0 Å². The lowest BCUT2D eigenvalue weighted by Gasteiger charge is -2.49. The fourth-order valence-corrected chi connectivity index (χ4v) is 4.56. The summed E-state index contributed by atoms with van der Waals surface area (Å²) in [4.78, 5) is 8.28. The highest BCUT2D eigenvalue weighted by molar-refractivity contribution is 6.20. The van der Waals surface area contributed by atoms with Crippen LogP contribution in [0.25, 0.3) is 0 Å². The number of rotatable bonds is 7. The Morgan fingerprint density at radius 1 is 0.742 bits per heavy atom. The van der Waals surface area contributed by atoms with Gasteiger partial charge in [-0.1, -0.05) is 103 Å². The van der Waals surface area contributed by atoms with Gasteiger partial charge in [-0.05, 0) is 23.6 Å². The summed E-state index contributed by atoms with van der Waals surface area (Å²) >= 11 is 6.14. The molecule has 0 spiro atoms.